The van der Waals surface area contributed by atoms with Gasteiger partial charge in [-0.25, -0.2) is 14.4 Å². The van der Waals surface area contributed by atoms with Gasteiger partial charge in [-0.15, -0.1) is 0 Å². The van der Waals surface area contributed by atoms with E-state index in [2.05, 4.69) is 31.2 Å². The number of fused-ring (bicyclic) bond motifs is 1. The van der Waals surface area contributed by atoms with Gasteiger partial charge in [-0.1, -0.05) is 23.7 Å². The molecule has 0 spiro atoms. The number of imide groups is 1. The minimum Gasteiger partial charge on any atom is -0.486 e. The van der Waals surface area contributed by atoms with Crippen LogP contribution in [-0.4, -0.2) is 47.1 Å². The van der Waals surface area contributed by atoms with Gasteiger partial charge in [-0.05, 0) is 48.4 Å². The van der Waals surface area contributed by atoms with E-state index in [0.29, 0.717) is 55.4 Å². The molecule has 3 heterocycles. The number of halogens is 2. The molecule has 12 heteroatoms. The molecule has 2 atom stereocenters. The van der Waals surface area contributed by atoms with Crippen molar-refractivity contribution in [1.82, 2.24) is 15.3 Å². The van der Waals surface area contributed by atoms with Gasteiger partial charge in [0.05, 0.1) is 29.4 Å². The zero-order chi connectivity index (χ0) is 29.1. The number of nitrogens with one attached hydrogen (secondary N) is 4. The van der Waals surface area contributed by atoms with Crippen molar-refractivity contribution in [2.24, 2.45) is 0 Å². The minimum atomic E-state index is -0.504. The lowest BCUT2D eigenvalue weighted by atomic mass is 10.1. The summed E-state index contributed by atoms with van der Waals surface area (Å²) < 4.78 is 25.5. The number of benzene rings is 3. The smallest absolute Gasteiger partial charge is 0.249 e. The molecule has 6 rings (SSSR count). The van der Waals surface area contributed by atoms with Crippen molar-refractivity contribution in [3.8, 4) is 5.75 Å². The Morgan fingerprint density at radius 3 is 2.79 bits per heavy atom. The topological polar surface area (TPSA) is 127 Å². The monoisotopic (exact) mass is 590 g/mol. The van der Waals surface area contributed by atoms with Crippen LogP contribution in [0, 0.1) is 5.82 Å². The number of hydrogen-bond acceptors (Lipinski definition) is 9. The normalized spacial score (nSPS) is 18.5. The van der Waals surface area contributed by atoms with Gasteiger partial charge in [0.2, 0.25) is 11.8 Å². The van der Waals surface area contributed by atoms with E-state index in [-0.39, 0.29) is 22.9 Å². The van der Waals surface area contributed by atoms with Crippen LogP contribution in [0.3, 0.4) is 0 Å². The summed E-state index contributed by atoms with van der Waals surface area (Å²) in [5.41, 5.74) is 3.72. The third kappa shape index (κ3) is 6.37. The lowest BCUT2D eigenvalue weighted by Crippen LogP contribution is -2.47. The first-order valence-electron chi connectivity index (χ1n) is 13.6. The summed E-state index contributed by atoms with van der Waals surface area (Å²) in [6, 6.07) is 15.4. The number of carbonyl (C=O) groups excluding carboxylic acids is 2. The lowest BCUT2D eigenvalue weighted by molar-refractivity contribution is -0.133. The van der Waals surface area contributed by atoms with E-state index < -0.39 is 11.9 Å². The summed E-state index contributed by atoms with van der Waals surface area (Å²) in [5, 5.41) is 13.0. The van der Waals surface area contributed by atoms with Crippen LogP contribution < -0.4 is 26.0 Å². The number of carbonyl (C=O) groups is 2. The number of piperidine rings is 1. The fraction of sp³-hybridized carbons (Fsp3) is 0.267. The van der Waals surface area contributed by atoms with Gasteiger partial charge < -0.3 is 25.4 Å². The van der Waals surface area contributed by atoms with Crippen LogP contribution in [0.2, 0.25) is 5.02 Å². The molecule has 42 heavy (non-hydrogen) atoms. The number of nitrogens with zero attached hydrogens (tertiary/aromatic N) is 2. The number of hydrogen-bond donors (Lipinski definition) is 4. The molecule has 2 aliphatic rings. The molecule has 2 aliphatic heterocycles. The third-order valence-electron chi connectivity index (χ3n) is 7.09. The molecule has 4 aromatic rings. The first-order valence-corrected chi connectivity index (χ1v) is 14.0. The first kappa shape index (κ1) is 27.7. The van der Waals surface area contributed by atoms with Crippen LogP contribution >= 0.6 is 11.6 Å². The molecular weight excluding hydrogens is 563 g/mol. The highest BCUT2D eigenvalue weighted by Gasteiger charge is 2.26. The van der Waals surface area contributed by atoms with Crippen LogP contribution in [0.5, 0.6) is 5.75 Å². The zero-order valence-corrected chi connectivity index (χ0v) is 23.2. The Bertz CT molecular complexity index is 1650. The Labute approximate surface area is 246 Å². The maximum Gasteiger partial charge on any atom is 0.249 e. The number of rotatable bonds is 9. The number of anilines is 4. The molecule has 0 radical (unpaired) electrons. The summed E-state index contributed by atoms with van der Waals surface area (Å²) >= 11 is 5.98. The van der Waals surface area contributed by atoms with E-state index in [1.165, 1.54) is 18.5 Å². The van der Waals surface area contributed by atoms with Gasteiger partial charge in [0.1, 0.15) is 35.9 Å². The highest BCUT2D eigenvalue weighted by molar-refractivity contribution is 6.31. The Morgan fingerprint density at radius 2 is 1.98 bits per heavy atom. The predicted octanol–water partition coefficient (Wildman–Crippen LogP) is 5.16. The maximum atomic E-state index is 13.7. The minimum absolute atomic E-state index is 0.00418. The van der Waals surface area contributed by atoms with Crippen LogP contribution in [0.1, 0.15) is 24.8 Å². The Hall–Kier alpha value is -4.48. The summed E-state index contributed by atoms with van der Waals surface area (Å²) in [4.78, 5) is 32.5. The molecule has 1 unspecified atom stereocenters. The molecule has 2 fully saturated rings. The van der Waals surface area contributed by atoms with Gasteiger partial charge >= 0.3 is 0 Å². The van der Waals surface area contributed by atoms with Crippen LogP contribution in [0.15, 0.2) is 60.9 Å². The second-order valence-corrected chi connectivity index (χ2v) is 10.6. The molecule has 0 aliphatic carbocycles. The van der Waals surface area contributed by atoms with E-state index in [4.69, 9.17) is 21.1 Å². The zero-order valence-electron chi connectivity index (χ0n) is 22.5. The number of aromatic nitrogens is 2. The highest BCUT2D eigenvalue weighted by Crippen LogP contribution is 2.35. The Morgan fingerprint density at radius 1 is 1.07 bits per heavy atom. The quantitative estimate of drug-likeness (QED) is 0.195. The van der Waals surface area contributed by atoms with Crippen molar-refractivity contribution < 1.29 is 23.5 Å². The number of amides is 2. The van der Waals surface area contributed by atoms with E-state index >= 15 is 0 Å². The van der Waals surface area contributed by atoms with Crippen LogP contribution in [0.4, 0.5) is 27.3 Å². The average molecular weight is 591 g/mol. The van der Waals surface area contributed by atoms with Crippen molar-refractivity contribution in [2.75, 3.05) is 29.2 Å². The first-order chi connectivity index (χ1) is 20.4. The standard InChI is InChI=1S/C30H28ClFN6O4/c31-22-11-19(4-5-23(22)32)37-29-21-12-26(27(13-25(21)34-16-35-29)42-20-8-9-41-15-20)33-14-17-2-1-3-18(10-17)36-24-6-7-28(39)38-30(24)40/h1-5,10-13,16,20,24,33,36H,6-9,14-15H2,(H,34,35,37)(H,38,39,40)/t20-,24?/m0/s1. The van der Waals surface area contributed by atoms with Crippen molar-refractivity contribution in [3.05, 3.63) is 77.3 Å². The second-order valence-electron chi connectivity index (χ2n) is 10.1. The molecule has 3 aromatic carbocycles. The second kappa shape index (κ2) is 12.2. The fourth-order valence-corrected chi connectivity index (χ4v) is 5.10. The molecule has 0 saturated carbocycles. The lowest BCUT2D eigenvalue weighted by Gasteiger charge is -2.23. The molecule has 216 valence electrons. The third-order valence-corrected chi connectivity index (χ3v) is 7.38. The van der Waals surface area contributed by atoms with E-state index in [9.17, 15) is 14.0 Å². The molecule has 0 bridgehead atoms. The molecular formula is C30H28ClFN6O4. The van der Waals surface area contributed by atoms with Crippen molar-refractivity contribution in [2.45, 2.75) is 38.0 Å². The predicted molar refractivity (Wildman–Crippen MR) is 158 cm³/mol. The van der Waals surface area contributed by atoms with Crippen molar-refractivity contribution in [3.63, 3.8) is 0 Å². The summed E-state index contributed by atoms with van der Waals surface area (Å²) in [5.74, 6) is 0.0782. The maximum absolute atomic E-state index is 13.7. The van der Waals surface area contributed by atoms with E-state index in [1.54, 1.807) is 6.07 Å². The molecule has 1 aromatic heterocycles. The summed E-state index contributed by atoms with van der Waals surface area (Å²) in [6.07, 6.45) is 2.90. The largest absolute Gasteiger partial charge is 0.486 e. The van der Waals surface area contributed by atoms with Crippen LogP contribution in [-0.2, 0) is 20.9 Å². The van der Waals surface area contributed by atoms with Gasteiger partial charge in [0.25, 0.3) is 0 Å². The van der Waals surface area contributed by atoms with Gasteiger partial charge in [0.15, 0.2) is 0 Å². The number of ether oxygens (including phenoxy) is 2. The highest BCUT2D eigenvalue weighted by atomic mass is 35.5. The van der Waals surface area contributed by atoms with Gasteiger partial charge in [-0.2, -0.15) is 0 Å². The fourth-order valence-electron chi connectivity index (χ4n) is 4.92. The van der Waals surface area contributed by atoms with Crippen molar-refractivity contribution in [1.29, 1.82) is 0 Å². The van der Waals surface area contributed by atoms with Gasteiger partial charge in [-0.3, -0.25) is 14.9 Å². The van der Waals surface area contributed by atoms with E-state index in [1.807, 2.05) is 36.4 Å². The van der Waals surface area contributed by atoms with E-state index in [0.717, 1.165) is 28.7 Å². The molecule has 2 amide bonds. The summed E-state index contributed by atoms with van der Waals surface area (Å²) in [6.45, 7) is 1.61. The van der Waals surface area contributed by atoms with Gasteiger partial charge in [0, 0.05) is 42.2 Å². The Kier molecular flexibility index (Phi) is 8.02. The SMILES string of the molecule is O=C1CCC(Nc2cccc(CNc3cc4c(Nc5ccc(F)c(Cl)c5)ncnc4cc3O[C@H]3CCOC3)c2)C(=O)N1. The summed E-state index contributed by atoms with van der Waals surface area (Å²) in [7, 11) is 0. The molecule has 10 nitrogen and oxygen atoms in total. The average Bonchev–Trinajstić information content (AvgIpc) is 3.49. The van der Waals surface area contributed by atoms with Crippen LogP contribution in [0.25, 0.3) is 10.9 Å². The van der Waals surface area contributed by atoms with Crippen molar-refractivity contribution >= 4 is 57.2 Å². The Balaban J connectivity index is 1.26. The molecule has 2 saturated heterocycles. The molecule has 4 N–H and O–H groups in total.